The van der Waals surface area contributed by atoms with E-state index in [1.807, 2.05) is 50.5 Å². The molecular formula is C15H23N3O2. The minimum absolute atomic E-state index is 0.294. The van der Waals surface area contributed by atoms with Crippen molar-refractivity contribution in [3.8, 4) is 5.75 Å². The van der Waals surface area contributed by atoms with Crippen LogP contribution in [0.2, 0.25) is 0 Å². The van der Waals surface area contributed by atoms with Crippen LogP contribution in [0.3, 0.4) is 0 Å². The molecule has 2 N–H and O–H groups in total. The van der Waals surface area contributed by atoms with Gasteiger partial charge in [0, 0.05) is 6.61 Å². The summed E-state index contributed by atoms with van der Waals surface area (Å²) >= 11 is 0. The van der Waals surface area contributed by atoms with Gasteiger partial charge in [0.2, 0.25) is 5.95 Å². The number of hydrogen-bond donors (Lipinski definition) is 1. The standard InChI is InChI=1S/C15H23N3O2/c1-5-19-12-9-7-8-11-13(12)17-14(16)18(11)10-15(3,4)20-6-2/h7-9H,5-6,10H2,1-4H3,(H2,16,17). The van der Waals surface area contributed by atoms with Crippen LogP contribution in [-0.4, -0.2) is 28.4 Å². The highest BCUT2D eigenvalue weighted by Crippen LogP contribution is 2.28. The molecule has 0 spiro atoms. The zero-order valence-electron chi connectivity index (χ0n) is 12.6. The van der Waals surface area contributed by atoms with Gasteiger partial charge in [0.1, 0.15) is 11.3 Å². The van der Waals surface area contributed by atoms with Crippen molar-refractivity contribution in [3.63, 3.8) is 0 Å². The summed E-state index contributed by atoms with van der Waals surface area (Å²) in [5, 5.41) is 0. The Morgan fingerprint density at radius 2 is 2.00 bits per heavy atom. The van der Waals surface area contributed by atoms with E-state index in [0.717, 1.165) is 16.8 Å². The molecule has 0 saturated carbocycles. The highest BCUT2D eigenvalue weighted by atomic mass is 16.5. The summed E-state index contributed by atoms with van der Waals surface area (Å²) in [6.45, 7) is 9.98. The van der Waals surface area contributed by atoms with Gasteiger partial charge in [-0.05, 0) is 39.8 Å². The number of fused-ring (bicyclic) bond motifs is 1. The Bertz CT molecular complexity index is 590. The van der Waals surface area contributed by atoms with E-state index in [1.54, 1.807) is 0 Å². The van der Waals surface area contributed by atoms with Crippen molar-refractivity contribution >= 4 is 17.0 Å². The molecule has 1 heterocycles. The number of anilines is 1. The van der Waals surface area contributed by atoms with Gasteiger partial charge < -0.3 is 19.8 Å². The van der Waals surface area contributed by atoms with Gasteiger partial charge in [-0.15, -0.1) is 0 Å². The molecule has 5 nitrogen and oxygen atoms in total. The van der Waals surface area contributed by atoms with Crippen molar-refractivity contribution < 1.29 is 9.47 Å². The largest absolute Gasteiger partial charge is 0.492 e. The number of benzene rings is 1. The normalized spacial score (nSPS) is 12.0. The van der Waals surface area contributed by atoms with E-state index in [4.69, 9.17) is 15.2 Å². The van der Waals surface area contributed by atoms with Crippen LogP contribution in [0, 0.1) is 0 Å². The molecule has 2 rings (SSSR count). The summed E-state index contributed by atoms with van der Waals surface area (Å²) in [5.41, 5.74) is 7.55. The van der Waals surface area contributed by atoms with Crippen molar-refractivity contribution in [3.05, 3.63) is 18.2 Å². The number of aromatic nitrogens is 2. The highest BCUT2D eigenvalue weighted by molar-refractivity contribution is 5.84. The molecule has 0 aliphatic carbocycles. The number of rotatable bonds is 6. The monoisotopic (exact) mass is 277 g/mol. The summed E-state index contributed by atoms with van der Waals surface area (Å²) in [5.74, 6) is 1.25. The minimum Gasteiger partial charge on any atom is -0.492 e. The summed E-state index contributed by atoms with van der Waals surface area (Å²) in [6, 6.07) is 5.87. The second-order valence-electron chi connectivity index (χ2n) is 5.31. The molecule has 110 valence electrons. The third kappa shape index (κ3) is 2.88. The third-order valence-corrected chi connectivity index (χ3v) is 3.15. The van der Waals surface area contributed by atoms with E-state index >= 15 is 0 Å². The maximum absolute atomic E-state index is 6.06. The first kappa shape index (κ1) is 14.7. The first-order valence-corrected chi connectivity index (χ1v) is 7.00. The molecule has 0 atom stereocenters. The van der Waals surface area contributed by atoms with Crippen LogP contribution in [0.5, 0.6) is 5.75 Å². The first-order valence-electron chi connectivity index (χ1n) is 7.00. The first-order chi connectivity index (χ1) is 9.48. The molecule has 0 aliphatic heterocycles. The van der Waals surface area contributed by atoms with E-state index in [-0.39, 0.29) is 5.60 Å². The van der Waals surface area contributed by atoms with E-state index in [1.165, 1.54) is 0 Å². The summed E-state index contributed by atoms with van der Waals surface area (Å²) in [7, 11) is 0. The van der Waals surface area contributed by atoms with Crippen LogP contribution in [0.15, 0.2) is 18.2 Å². The fourth-order valence-electron chi connectivity index (χ4n) is 2.39. The molecule has 2 aromatic rings. The Kier molecular flexibility index (Phi) is 4.18. The predicted molar refractivity (Wildman–Crippen MR) is 81.0 cm³/mol. The Morgan fingerprint density at radius 3 is 2.65 bits per heavy atom. The molecule has 1 aromatic carbocycles. The maximum Gasteiger partial charge on any atom is 0.201 e. The SMILES string of the molecule is CCOc1cccc2c1nc(N)n2CC(C)(C)OCC. The van der Waals surface area contributed by atoms with Gasteiger partial charge in [-0.1, -0.05) is 6.07 Å². The van der Waals surface area contributed by atoms with E-state index in [2.05, 4.69) is 4.98 Å². The molecule has 0 fully saturated rings. The molecule has 5 heteroatoms. The number of nitrogens with zero attached hydrogens (tertiary/aromatic N) is 2. The van der Waals surface area contributed by atoms with Crippen LogP contribution in [0.1, 0.15) is 27.7 Å². The molecular weight excluding hydrogens is 254 g/mol. The molecule has 0 amide bonds. The molecule has 0 bridgehead atoms. The summed E-state index contributed by atoms with van der Waals surface area (Å²) < 4.78 is 13.3. The van der Waals surface area contributed by atoms with Crippen molar-refractivity contribution in [1.82, 2.24) is 9.55 Å². The molecule has 0 unspecified atom stereocenters. The number of ether oxygens (including phenoxy) is 2. The summed E-state index contributed by atoms with van der Waals surface area (Å²) in [6.07, 6.45) is 0. The van der Waals surface area contributed by atoms with Gasteiger partial charge in [0.05, 0.1) is 24.3 Å². The minimum atomic E-state index is -0.294. The number of imidazole rings is 1. The highest BCUT2D eigenvalue weighted by Gasteiger charge is 2.22. The van der Waals surface area contributed by atoms with Crippen LogP contribution >= 0.6 is 0 Å². The van der Waals surface area contributed by atoms with Gasteiger partial charge in [-0.2, -0.15) is 0 Å². The lowest BCUT2D eigenvalue weighted by molar-refractivity contribution is -0.0212. The van der Waals surface area contributed by atoms with Crippen LogP contribution in [-0.2, 0) is 11.3 Å². The van der Waals surface area contributed by atoms with Gasteiger partial charge in [-0.25, -0.2) is 4.98 Å². The van der Waals surface area contributed by atoms with Crippen LogP contribution in [0.4, 0.5) is 5.95 Å². The molecule has 0 aliphatic rings. The average molecular weight is 277 g/mol. The Hall–Kier alpha value is -1.75. The quantitative estimate of drug-likeness (QED) is 0.882. The van der Waals surface area contributed by atoms with Crippen molar-refractivity contribution in [1.29, 1.82) is 0 Å². The zero-order valence-corrected chi connectivity index (χ0v) is 12.6. The van der Waals surface area contributed by atoms with E-state index in [9.17, 15) is 0 Å². The number of para-hydroxylation sites is 1. The smallest absolute Gasteiger partial charge is 0.201 e. The third-order valence-electron chi connectivity index (χ3n) is 3.15. The molecule has 0 saturated heterocycles. The van der Waals surface area contributed by atoms with Gasteiger partial charge >= 0.3 is 0 Å². The lowest BCUT2D eigenvalue weighted by Crippen LogP contribution is -2.31. The molecule has 1 aromatic heterocycles. The maximum atomic E-state index is 6.06. The predicted octanol–water partition coefficient (Wildman–Crippen LogP) is 2.83. The van der Waals surface area contributed by atoms with Gasteiger partial charge in [-0.3, -0.25) is 0 Å². The fourth-order valence-corrected chi connectivity index (χ4v) is 2.39. The van der Waals surface area contributed by atoms with Gasteiger partial charge in [0.15, 0.2) is 0 Å². The molecule has 0 radical (unpaired) electrons. The summed E-state index contributed by atoms with van der Waals surface area (Å²) in [4.78, 5) is 4.44. The fraction of sp³-hybridized carbons (Fsp3) is 0.533. The zero-order chi connectivity index (χ0) is 14.8. The Morgan fingerprint density at radius 1 is 1.25 bits per heavy atom. The van der Waals surface area contributed by atoms with E-state index < -0.39 is 0 Å². The topological polar surface area (TPSA) is 62.3 Å². The Balaban J connectivity index is 2.44. The number of nitrogens with two attached hydrogens (primary N) is 1. The lowest BCUT2D eigenvalue weighted by Gasteiger charge is -2.25. The second kappa shape index (κ2) is 5.71. The van der Waals surface area contributed by atoms with Crippen molar-refractivity contribution in [2.45, 2.75) is 39.8 Å². The van der Waals surface area contributed by atoms with Crippen LogP contribution < -0.4 is 10.5 Å². The number of nitrogen functional groups attached to an aromatic ring is 1. The molecule has 20 heavy (non-hydrogen) atoms. The second-order valence-corrected chi connectivity index (χ2v) is 5.31. The number of hydrogen-bond acceptors (Lipinski definition) is 4. The van der Waals surface area contributed by atoms with Gasteiger partial charge in [0.25, 0.3) is 0 Å². The van der Waals surface area contributed by atoms with Crippen LogP contribution in [0.25, 0.3) is 11.0 Å². The lowest BCUT2D eigenvalue weighted by atomic mass is 10.1. The average Bonchev–Trinajstić information content (AvgIpc) is 2.67. The van der Waals surface area contributed by atoms with Crippen molar-refractivity contribution in [2.75, 3.05) is 18.9 Å². The van der Waals surface area contributed by atoms with E-state index in [0.29, 0.717) is 25.7 Å². The van der Waals surface area contributed by atoms with Crippen molar-refractivity contribution in [2.24, 2.45) is 0 Å². The Labute approximate surface area is 119 Å².